The zero-order valence-corrected chi connectivity index (χ0v) is 11.9. The van der Waals surface area contributed by atoms with E-state index in [0.29, 0.717) is 21.9 Å². The number of hydrogen-bond donors (Lipinski definition) is 1. The number of esters is 1. The second-order valence-corrected chi connectivity index (χ2v) is 4.87. The Labute approximate surface area is 119 Å². The topological polar surface area (TPSA) is 61.5 Å². The Morgan fingerprint density at radius 2 is 2.15 bits per heavy atom. The summed E-state index contributed by atoms with van der Waals surface area (Å²) in [5.41, 5.74) is 6.73. The van der Waals surface area contributed by atoms with Crippen LogP contribution in [0.4, 0.5) is 9.39 Å². The molecule has 0 radical (unpaired) electrons. The van der Waals surface area contributed by atoms with Gasteiger partial charge in [-0.15, -0.1) is 11.3 Å². The molecule has 0 amide bonds. The zero-order valence-electron chi connectivity index (χ0n) is 11.1. The van der Waals surface area contributed by atoms with Crippen LogP contribution in [0.5, 0.6) is 5.75 Å². The fourth-order valence-corrected chi connectivity index (χ4v) is 2.63. The van der Waals surface area contributed by atoms with Crippen molar-refractivity contribution in [2.75, 3.05) is 19.5 Å². The number of anilines is 1. The molecular formula is C14H14FNO3S. The second kappa shape index (κ2) is 5.92. The molecule has 1 heterocycles. The smallest absolute Gasteiger partial charge is 0.341 e. The number of ether oxygens (including phenoxy) is 2. The van der Waals surface area contributed by atoms with Crippen LogP contribution in [0.3, 0.4) is 0 Å². The van der Waals surface area contributed by atoms with Crippen molar-refractivity contribution in [1.29, 1.82) is 0 Å². The Balaban J connectivity index is 2.51. The van der Waals surface area contributed by atoms with Gasteiger partial charge < -0.3 is 15.2 Å². The summed E-state index contributed by atoms with van der Waals surface area (Å²) in [5, 5.41) is 1.96. The molecule has 0 saturated carbocycles. The first kappa shape index (κ1) is 14.3. The number of carbonyl (C=O) groups excluding carboxylic acids is 1. The molecule has 4 nitrogen and oxygen atoms in total. The van der Waals surface area contributed by atoms with Crippen molar-refractivity contribution in [1.82, 2.24) is 0 Å². The number of carbonyl (C=O) groups is 1. The number of methoxy groups -OCH3 is 1. The van der Waals surface area contributed by atoms with Gasteiger partial charge in [0.05, 0.1) is 13.7 Å². The fourth-order valence-electron chi connectivity index (χ4n) is 1.83. The van der Waals surface area contributed by atoms with Crippen molar-refractivity contribution in [3.63, 3.8) is 0 Å². The lowest BCUT2D eigenvalue weighted by atomic mass is 10.0. The number of halogens is 1. The van der Waals surface area contributed by atoms with E-state index in [0.717, 1.165) is 0 Å². The van der Waals surface area contributed by atoms with Gasteiger partial charge in [0.1, 0.15) is 22.1 Å². The zero-order chi connectivity index (χ0) is 14.7. The quantitative estimate of drug-likeness (QED) is 0.879. The van der Waals surface area contributed by atoms with E-state index in [9.17, 15) is 9.18 Å². The summed E-state index contributed by atoms with van der Waals surface area (Å²) < 4.78 is 24.0. The first-order valence-electron chi connectivity index (χ1n) is 5.96. The molecule has 0 aliphatic carbocycles. The Morgan fingerprint density at radius 1 is 1.40 bits per heavy atom. The molecule has 6 heteroatoms. The lowest BCUT2D eigenvalue weighted by Gasteiger charge is -2.07. The van der Waals surface area contributed by atoms with Gasteiger partial charge in [-0.05, 0) is 19.1 Å². The molecular weight excluding hydrogens is 281 g/mol. The third kappa shape index (κ3) is 2.60. The summed E-state index contributed by atoms with van der Waals surface area (Å²) in [6.45, 7) is 1.94. The normalized spacial score (nSPS) is 10.3. The van der Waals surface area contributed by atoms with Crippen LogP contribution in [0, 0.1) is 5.82 Å². The minimum absolute atomic E-state index is 0.209. The summed E-state index contributed by atoms with van der Waals surface area (Å²) in [6, 6.07) is 4.44. The minimum atomic E-state index is -0.545. The molecule has 0 bridgehead atoms. The Kier molecular flexibility index (Phi) is 4.24. The summed E-state index contributed by atoms with van der Waals surface area (Å²) in [6.07, 6.45) is 0. The molecule has 0 fully saturated rings. The van der Waals surface area contributed by atoms with Gasteiger partial charge in [-0.1, -0.05) is 0 Å². The molecule has 106 valence electrons. The van der Waals surface area contributed by atoms with Crippen molar-refractivity contribution in [3.8, 4) is 16.9 Å². The highest BCUT2D eigenvalue weighted by Crippen LogP contribution is 2.36. The number of thiophene rings is 1. The molecule has 0 unspecified atom stereocenters. The molecule has 1 aromatic carbocycles. The van der Waals surface area contributed by atoms with Crippen molar-refractivity contribution >= 4 is 22.3 Å². The maximum Gasteiger partial charge on any atom is 0.341 e. The molecule has 0 atom stereocenters. The molecule has 0 aliphatic rings. The molecule has 0 saturated heterocycles. The van der Waals surface area contributed by atoms with E-state index in [1.54, 1.807) is 24.4 Å². The van der Waals surface area contributed by atoms with Crippen molar-refractivity contribution in [2.45, 2.75) is 6.92 Å². The van der Waals surface area contributed by atoms with Gasteiger partial charge in [-0.25, -0.2) is 9.18 Å². The van der Waals surface area contributed by atoms with Crippen molar-refractivity contribution in [2.24, 2.45) is 0 Å². The van der Waals surface area contributed by atoms with Gasteiger partial charge in [0, 0.05) is 22.6 Å². The SMILES string of the molecule is CCOC(=O)c1c(-c2ccc(OC)cc2F)csc1N. The van der Waals surface area contributed by atoms with Gasteiger partial charge in [0.25, 0.3) is 0 Å². The standard InChI is InChI=1S/C14H14FNO3S/c1-3-19-14(17)12-10(7-20-13(12)16)9-5-4-8(18-2)6-11(9)15/h4-7H,3,16H2,1-2H3. The van der Waals surface area contributed by atoms with Crippen LogP contribution >= 0.6 is 11.3 Å². The minimum Gasteiger partial charge on any atom is -0.497 e. The first-order chi connectivity index (χ1) is 9.58. The van der Waals surface area contributed by atoms with Crippen LogP contribution in [0.2, 0.25) is 0 Å². The molecule has 2 aromatic rings. The third-order valence-electron chi connectivity index (χ3n) is 2.77. The Bertz CT molecular complexity index is 639. The lowest BCUT2D eigenvalue weighted by molar-refractivity contribution is 0.0529. The molecule has 0 spiro atoms. The van der Waals surface area contributed by atoms with Crippen LogP contribution in [0.1, 0.15) is 17.3 Å². The van der Waals surface area contributed by atoms with Crippen LogP contribution in [0.25, 0.3) is 11.1 Å². The summed E-state index contributed by atoms with van der Waals surface area (Å²) in [5.74, 6) is -0.615. The van der Waals surface area contributed by atoms with Gasteiger partial charge >= 0.3 is 5.97 Å². The first-order valence-corrected chi connectivity index (χ1v) is 6.84. The maximum atomic E-state index is 14.1. The number of nitrogen functional groups attached to an aromatic ring is 1. The van der Waals surface area contributed by atoms with E-state index >= 15 is 0 Å². The predicted octanol–water partition coefficient (Wildman–Crippen LogP) is 3.32. The molecule has 2 N–H and O–H groups in total. The molecule has 0 aliphatic heterocycles. The average molecular weight is 295 g/mol. The van der Waals surface area contributed by atoms with E-state index in [-0.39, 0.29) is 12.2 Å². The third-order valence-corrected chi connectivity index (χ3v) is 3.58. The maximum absolute atomic E-state index is 14.1. The van der Waals surface area contributed by atoms with E-state index in [1.165, 1.54) is 24.5 Å². The van der Waals surface area contributed by atoms with Crippen LogP contribution in [-0.4, -0.2) is 19.7 Å². The number of benzene rings is 1. The molecule has 2 rings (SSSR count). The summed E-state index contributed by atoms with van der Waals surface area (Å²) >= 11 is 1.18. The van der Waals surface area contributed by atoms with Gasteiger partial charge in [0.15, 0.2) is 0 Å². The van der Waals surface area contributed by atoms with E-state index in [2.05, 4.69) is 0 Å². The van der Waals surface area contributed by atoms with Crippen molar-refractivity contribution < 1.29 is 18.7 Å². The number of rotatable bonds is 4. The number of nitrogens with two attached hydrogens (primary N) is 1. The fraction of sp³-hybridized carbons (Fsp3) is 0.214. The van der Waals surface area contributed by atoms with E-state index in [1.807, 2.05) is 0 Å². The van der Waals surface area contributed by atoms with Gasteiger partial charge in [-0.3, -0.25) is 0 Å². The van der Waals surface area contributed by atoms with E-state index in [4.69, 9.17) is 15.2 Å². The highest BCUT2D eigenvalue weighted by atomic mass is 32.1. The van der Waals surface area contributed by atoms with E-state index < -0.39 is 11.8 Å². The number of hydrogen-bond acceptors (Lipinski definition) is 5. The highest BCUT2D eigenvalue weighted by molar-refractivity contribution is 7.14. The predicted molar refractivity (Wildman–Crippen MR) is 76.6 cm³/mol. The van der Waals surface area contributed by atoms with Gasteiger partial charge in [-0.2, -0.15) is 0 Å². The van der Waals surface area contributed by atoms with Crippen LogP contribution in [-0.2, 0) is 4.74 Å². The summed E-state index contributed by atoms with van der Waals surface area (Å²) in [7, 11) is 1.46. The van der Waals surface area contributed by atoms with Crippen LogP contribution < -0.4 is 10.5 Å². The molecule has 20 heavy (non-hydrogen) atoms. The van der Waals surface area contributed by atoms with Crippen LogP contribution in [0.15, 0.2) is 23.6 Å². The highest BCUT2D eigenvalue weighted by Gasteiger charge is 2.21. The monoisotopic (exact) mass is 295 g/mol. The largest absolute Gasteiger partial charge is 0.497 e. The van der Waals surface area contributed by atoms with Crippen molar-refractivity contribution in [3.05, 3.63) is 35.0 Å². The van der Waals surface area contributed by atoms with Gasteiger partial charge in [0.2, 0.25) is 0 Å². The second-order valence-electron chi connectivity index (χ2n) is 3.95. The Hall–Kier alpha value is -2.08. The lowest BCUT2D eigenvalue weighted by Crippen LogP contribution is -2.07. The molecule has 1 aromatic heterocycles. The Morgan fingerprint density at radius 3 is 2.75 bits per heavy atom. The average Bonchev–Trinajstić information content (AvgIpc) is 2.80. The summed E-state index contributed by atoms with van der Waals surface area (Å²) in [4.78, 5) is 11.9.